The first-order valence-electron chi connectivity index (χ1n) is 12.0. The number of sulfonamides is 2. The number of hydrogen-bond acceptors (Lipinski definition) is 8. The zero-order valence-electron chi connectivity index (χ0n) is 21.3. The fraction of sp³-hybridized carbons (Fsp3) is 0.417. The van der Waals surface area contributed by atoms with Crippen molar-refractivity contribution in [3.63, 3.8) is 0 Å². The van der Waals surface area contributed by atoms with E-state index in [4.69, 9.17) is 4.42 Å². The first kappa shape index (κ1) is 29.0. The Bertz CT molecular complexity index is 1520. The van der Waals surface area contributed by atoms with Crippen molar-refractivity contribution in [1.82, 2.24) is 19.4 Å². The van der Waals surface area contributed by atoms with E-state index in [0.717, 1.165) is 15.9 Å². The quantitative estimate of drug-likeness (QED) is 0.355. The normalized spacial score (nSPS) is 15.6. The molecular formula is C24H28F3N5O5S2. The van der Waals surface area contributed by atoms with Gasteiger partial charge < -0.3 is 4.42 Å². The summed E-state index contributed by atoms with van der Waals surface area (Å²) in [5.74, 6) is -2.14. The molecule has 1 aliphatic heterocycles. The van der Waals surface area contributed by atoms with Gasteiger partial charge in [-0.25, -0.2) is 21.2 Å². The SMILES string of the molecule is CCS(=O)(=O)N(Cc1ccc(-c2nnc(C(F)F)o2)cc1F)c1cccc(CN2CCN(S(C)(=O)=O)CC2)c1. The molecule has 3 aromatic rings. The van der Waals surface area contributed by atoms with Crippen LogP contribution in [0.3, 0.4) is 0 Å². The predicted octanol–water partition coefficient (Wildman–Crippen LogP) is 3.25. The highest BCUT2D eigenvalue weighted by molar-refractivity contribution is 7.92. The van der Waals surface area contributed by atoms with Crippen LogP contribution >= 0.6 is 0 Å². The predicted molar refractivity (Wildman–Crippen MR) is 138 cm³/mol. The van der Waals surface area contributed by atoms with Crippen LogP contribution in [0.4, 0.5) is 18.9 Å². The lowest BCUT2D eigenvalue weighted by Gasteiger charge is -2.33. The highest BCUT2D eigenvalue weighted by atomic mass is 32.2. The molecule has 39 heavy (non-hydrogen) atoms. The van der Waals surface area contributed by atoms with Crippen LogP contribution in [-0.4, -0.2) is 74.4 Å². The molecule has 0 saturated carbocycles. The second kappa shape index (κ2) is 11.6. The van der Waals surface area contributed by atoms with Crippen LogP contribution in [0.5, 0.6) is 0 Å². The van der Waals surface area contributed by atoms with Gasteiger partial charge >= 0.3 is 6.43 Å². The van der Waals surface area contributed by atoms with Crippen molar-refractivity contribution in [3.8, 4) is 11.5 Å². The average Bonchev–Trinajstić information content (AvgIpc) is 3.39. The summed E-state index contributed by atoms with van der Waals surface area (Å²) in [5, 5.41) is 6.74. The van der Waals surface area contributed by atoms with E-state index < -0.39 is 38.2 Å². The molecule has 2 heterocycles. The number of alkyl halides is 2. The van der Waals surface area contributed by atoms with Crippen molar-refractivity contribution in [2.75, 3.05) is 42.5 Å². The van der Waals surface area contributed by atoms with Crippen molar-refractivity contribution in [2.45, 2.75) is 26.4 Å². The molecule has 0 atom stereocenters. The minimum Gasteiger partial charge on any atom is -0.415 e. The van der Waals surface area contributed by atoms with Crippen LogP contribution in [0.15, 0.2) is 46.9 Å². The van der Waals surface area contributed by atoms with Gasteiger partial charge in [-0.05, 0) is 36.8 Å². The molecule has 0 spiro atoms. The van der Waals surface area contributed by atoms with Crippen LogP contribution in [0, 0.1) is 5.82 Å². The van der Waals surface area contributed by atoms with Gasteiger partial charge in [-0.3, -0.25) is 9.21 Å². The monoisotopic (exact) mass is 587 g/mol. The van der Waals surface area contributed by atoms with E-state index in [1.165, 1.54) is 29.6 Å². The third-order valence-electron chi connectivity index (χ3n) is 6.35. The Morgan fingerprint density at radius 1 is 1.03 bits per heavy atom. The van der Waals surface area contributed by atoms with Crippen LogP contribution in [0.2, 0.25) is 0 Å². The van der Waals surface area contributed by atoms with E-state index in [9.17, 15) is 25.6 Å². The zero-order chi connectivity index (χ0) is 28.4. The fourth-order valence-electron chi connectivity index (χ4n) is 4.20. The Labute approximate surface area is 225 Å². The Morgan fingerprint density at radius 3 is 2.33 bits per heavy atom. The Morgan fingerprint density at radius 2 is 1.74 bits per heavy atom. The lowest BCUT2D eigenvalue weighted by atomic mass is 10.1. The summed E-state index contributed by atoms with van der Waals surface area (Å²) >= 11 is 0. The Kier molecular flexibility index (Phi) is 8.63. The summed E-state index contributed by atoms with van der Waals surface area (Å²) in [4.78, 5) is 2.08. The lowest BCUT2D eigenvalue weighted by molar-refractivity contribution is 0.116. The molecular weight excluding hydrogens is 559 g/mol. The highest BCUT2D eigenvalue weighted by Crippen LogP contribution is 2.28. The standard InChI is InChI=1S/C24H28F3N5O5S2/c1-3-39(35,36)32(16-19-8-7-18(14-21(19)25)23-28-29-24(37-23)22(26)27)20-6-4-5-17(13-20)15-30-9-11-31(12-10-30)38(2,33)34/h4-8,13-14,22H,3,9-12,15-16H2,1-2H3. The number of piperazine rings is 1. The van der Waals surface area contributed by atoms with E-state index >= 15 is 4.39 Å². The number of aromatic nitrogens is 2. The number of nitrogens with zero attached hydrogens (tertiary/aromatic N) is 5. The average molecular weight is 588 g/mol. The van der Waals surface area contributed by atoms with Crippen molar-refractivity contribution < 1.29 is 34.4 Å². The van der Waals surface area contributed by atoms with E-state index in [-0.39, 0.29) is 29.3 Å². The number of hydrogen-bond donors (Lipinski definition) is 0. The molecule has 0 N–H and O–H groups in total. The van der Waals surface area contributed by atoms with E-state index in [0.29, 0.717) is 38.4 Å². The van der Waals surface area contributed by atoms with Crippen molar-refractivity contribution in [3.05, 3.63) is 65.3 Å². The summed E-state index contributed by atoms with van der Waals surface area (Å²) in [6.45, 7) is 3.48. The minimum atomic E-state index is -3.81. The molecule has 1 aliphatic rings. The van der Waals surface area contributed by atoms with Gasteiger partial charge in [-0.1, -0.05) is 18.2 Å². The van der Waals surface area contributed by atoms with Gasteiger partial charge in [0, 0.05) is 43.9 Å². The maximum atomic E-state index is 15.1. The second-order valence-corrected chi connectivity index (χ2v) is 13.2. The maximum Gasteiger partial charge on any atom is 0.314 e. The van der Waals surface area contributed by atoms with E-state index in [1.807, 2.05) is 6.07 Å². The van der Waals surface area contributed by atoms with Gasteiger partial charge in [-0.15, -0.1) is 10.2 Å². The maximum absolute atomic E-state index is 15.1. The molecule has 1 aromatic heterocycles. The van der Waals surface area contributed by atoms with Gasteiger partial charge in [0.1, 0.15) is 5.82 Å². The van der Waals surface area contributed by atoms with Crippen LogP contribution in [0.25, 0.3) is 11.5 Å². The van der Waals surface area contributed by atoms with Crippen LogP contribution in [-0.2, 0) is 33.1 Å². The number of benzene rings is 2. The molecule has 1 fully saturated rings. The molecule has 0 aliphatic carbocycles. The largest absolute Gasteiger partial charge is 0.415 e. The van der Waals surface area contributed by atoms with Gasteiger partial charge in [0.05, 0.1) is 24.2 Å². The van der Waals surface area contributed by atoms with E-state index in [1.54, 1.807) is 18.2 Å². The number of anilines is 1. The highest BCUT2D eigenvalue weighted by Gasteiger charge is 2.26. The van der Waals surface area contributed by atoms with Crippen molar-refractivity contribution >= 4 is 25.7 Å². The van der Waals surface area contributed by atoms with Gasteiger partial charge in [0.25, 0.3) is 5.89 Å². The van der Waals surface area contributed by atoms with Gasteiger partial charge in [0.2, 0.25) is 25.9 Å². The number of halogens is 3. The van der Waals surface area contributed by atoms with Gasteiger partial charge in [-0.2, -0.15) is 13.1 Å². The Balaban J connectivity index is 1.54. The summed E-state index contributed by atoms with van der Waals surface area (Å²) in [6.07, 6.45) is -1.78. The third-order valence-corrected chi connectivity index (χ3v) is 9.39. The minimum absolute atomic E-state index is 0.0617. The van der Waals surface area contributed by atoms with Crippen LogP contribution in [0.1, 0.15) is 30.4 Å². The molecule has 4 rings (SSSR count). The number of rotatable bonds is 10. The van der Waals surface area contributed by atoms with Crippen molar-refractivity contribution in [2.24, 2.45) is 0 Å². The van der Waals surface area contributed by atoms with Gasteiger partial charge in [0.15, 0.2) is 0 Å². The molecule has 0 bridgehead atoms. The molecule has 212 valence electrons. The second-order valence-electron chi connectivity index (χ2n) is 9.07. The molecule has 10 nitrogen and oxygen atoms in total. The molecule has 0 amide bonds. The molecule has 0 radical (unpaired) electrons. The van der Waals surface area contributed by atoms with Crippen LogP contribution < -0.4 is 4.31 Å². The first-order valence-corrected chi connectivity index (χ1v) is 15.5. The molecule has 15 heteroatoms. The molecule has 0 unspecified atom stereocenters. The summed E-state index contributed by atoms with van der Waals surface area (Å²) in [5.41, 5.74) is 1.31. The summed E-state index contributed by atoms with van der Waals surface area (Å²) < 4.78 is 97.6. The van der Waals surface area contributed by atoms with E-state index in [2.05, 4.69) is 15.1 Å². The smallest absolute Gasteiger partial charge is 0.314 e. The third kappa shape index (κ3) is 6.96. The zero-order valence-corrected chi connectivity index (χ0v) is 22.9. The Hall–Kier alpha value is -3.01. The van der Waals surface area contributed by atoms with Crippen molar-refractivity contribution in [1.29, 1.82) is 0 Å². The summed E-state index contributed by atoms with van der Waals surface area (Å²) in [7, 11) is -7.07. The fourth-order valence-corrected chi connectivity index (χ4v) is 6.11. The molecule has 2 aromatic carbocycles. The topological polar surface area (TPSA) is 117 Å². The lowest BCUT2D eigenvalue weighted by Crippen LogP contribution is -2.47. The molecule has 1 saturated heterocycles. The first-order chi connectivity index (χ1) is 18.4. The summed E-state index contributed by atoms with van der Waals surface area (Å²) in [6, 6.07) is 10.7.